The minimum absolute atomic E-state index is 0.0381. The highest BCUT2D eigenvalue weighted by Gasteiger charge is 2.13. The van der Waals surface area contributed by atoms with Crippen molar-refractivity contribution in [2.45, 2.75) is 57.9 Å². The maximum atomic E-state index is 12.1. The molecule has 1 aromatic rings. The maximum absolute atomic E-state index is 12.1. The highest BCUT2D eigenvalue weighted by molar-refractivity contribution is 6.04. The molecule has 0 bridgehead atoms. The second kappa shape index (κ2) is 8.69. The SMILES string of the molecule is CC(=O)c1ccccc1NC(=O)CNC1CCCCCCC1. The Labute approximate surface area is 132 Å². The number of carbonyl (C=O) groups is 2. The summed E-state index contributed by atoms with van der Waals surface area (Å²) < 4.78 is 0. The van der Waals surface area contributed by atoms with Crippen LogP contribution in [0.2, 0.25) is 0 Å². The Bertz CT molecular complexity index is 506. The van der Waals surface area contributed by atoms with Crippen LogP contribution >= 0.6 is 0 Å². The number of hydrogen-bond acceptors (Lipinski definition) is 3. The van der Waals surface area contributed by atoms with Gasteiger partial charge in [0.05, 0.1) is 12.2 Å². The zero-order valence-corrected chi connectivity index (χ0v) is 13.4. The van der Waals surface area contributed by atoms with Crippen LogP contribution in [0, 0.1) is 0 Å². The van der Waals surface area contributed by atoms with E-state index in [4.69, 9.17) is 0 Å². The van der Waals surface area contributed by atoms with Crippen LogP contribution < -0.4 is 10.6 Å². The molecule has 120 valence electrons. The lowest BCUT2D eigenvalue weighted by molar-refractivity contribution is -0.115. The molecule has 1 aromatic carbocycles. The number of benzene rings is 1. The second-order valence-corrected chi connectivity index (χ2v) is 6.07. The number of carbonyl (C=O) groups excluding carboxylic acids is 2. The van der Waals surface area contributed by atoms with Gasteiger partial charge in [-0.25, -0.2) is 0 Å². The summed E-state index contributed by atoms with van der Waals surface area (Å²) in [5, 5.41) is 6.20. The van der Waals surface area contributed by atoms with E-state index in [0.29, 0.717) is 23.8 Å². The Hall–Kier alpha value is -1.68. The van der Waals surface area contributed by atoms with Gasteiger partial charge in [-0.05, 0) is 31.9 Å². The molecule has 0 atom stereocenters. The van der Waals surface area contributed by atoms with Gasteiger partial charge >= 0.3 is 0 Å². The number of nitrogens with one attached hydrogen (secondary N) is 2. The van der Waals surface area contributed by atoms with Gasteiger partial charge in [-0.2, -0.15) is 0 Å². The van der Waals surface area contributed by atoms with Crippen LogP contribution in [-0.4, -0.2) is 24.3 Å². The molecule has 1 amide bonds. The van der Waals surface area contributed by atoms with Crippen molar-refractivity contribution in [3.63, 3.8) is 0 Å². The number of Topliss-reactive ketones (excluding diaryl/α,β-unsaturated/α-hetero) is 1. The first-order valence-corrected chi connectivity index (χ1v) is 8.30. The lowest BCUT2D eigenvalue weighted by atomic mass is 9.97. The van der Waals surface area contributed by atoms with E-state index in [0.717, 1.165) is 12.8 Å². The van der Waals surface area contributed by atoms with Gasteiger partial charge < -0.3 is 10.6 Å². The largest absolute Gasteiger partial charge is 0.324 e. The van der Waals surface area contributed by atoms with E-state index in [2.05, 4.69) is 10.6 Å². The van der Waals surface area contributed by atoms with Gasteiger partial charge in [-0.15, -0.1) is 0 Å². The van der Waals surface area contributed by atoms with Gasteiger partial charge in [0.15, 0.2) is 5.78 Å². The summed E-state index contributed by atoms with van der Waals surface area (Å²) in [5.74, 6) is -0.125. The minimum atomic E-state index is -0.0873. The predicted octanol–water partition coefficient (Wildman–Crippen LogP) is 3.53. The highest BCUT2D eigenvalue weighted by atomic mass is 16.2. The second-order valence-electron chi connectivity index (χ2n) is 6.07. The Kier molecular flexibility index (Phi) is 6.59. The number of amides is 1. The number of rotatable bonds is 5. The van der Waals surface area contributed by atoms with Gasteiger partial charge in [-0.3, -0.25) is 9.59 Å². The van der Waals surface area contributed by atoms with Crippen LogP contribution in [0.5, 0.6) is 0 Å². The average Bonchev–Trinajstić information content (AvgIpc) is 2.46. The summed E-state index contributed by atoms with van der Waals surface area (Å²) in [4.78, 5) is 23.7. The molecule has 1 fully saturated rings. The predicted molar refractivity (Wildman–Crippen MR) is 89.2 cm³/mol. The van der Waals surface area contributed by atoms with E-state index < -0.39 is 0 Å². The number of hydrogen-bond donors (Lipinski definition) is 2. The fraction of sp³-hybridized carbons (Fsp3) is 0.556. The third kappa shape index (κ3) is 5.26. The van der Waals surface area contributed by atoms with Gasteiger partial charge in [0.2, 0.25) is 5.91 Å². The standard InChI is InChI=1S/C18H26N2O2/c1-14(21)16-11-7-8-12-17(16)20-18(22)13-19-15-9-5-3-2-4-6-10-15/h7-8,11-12,15,19H,2-6,9-10,13H2,1H3,(H,20,22). The van der Waals surface area contributed by atoms with Crippen molar-refractivity contribution in [1.29, 1.82) is 0 Å². The van der Waals surface area contributed by atoms with Gasteiger partial charge in [0.25, 0.3) is 0 Å². The molecule has 4 heteroatoms. The smallest absolute Gasteiger partial charge is 0.238 e. The Morgan fingerprint density at radius 3 is 2.36 bits per heavy atom. The number of para-hydroxylation sites is 1. The van der Waals surface area contributed by atoms with Crippen LogP contribution in [0.15, 0.2) is 24.3 Å². The van der Waals surface area contributed by atoms with Crippen molar-refractivity contribution >= 4 is 17.4 Å². The molecule has 1 aliphatic rings. The first kappa shape index (κ1) is 16.7. The molecule has 0 heterocycles. The van der Waals surface area contributed by atoms with E-state index in [-0.39, 0.29) is 11.7 Å². The lowest BCUT2D eigenvalue weighted by Gasteiger charge is -2.21. The summed E-state index contributed by atoms with van der Waals surface area (Å²) in [5.41, 5.74) is 1.15. The molecule has 0 unspecified atom stereocenters. The zero-order valence-electron chi connectivity index (χ0n) is 13.4. The normalized spacial score (nSPS) is 16.6. The number of anilines is 1. The van der Waals surface area contributed by atoms with Crippen molar-refractivity contribution in [3.05, 3.63) is 29.8 Å². The summed E-state index contributed by atoms with van der Waals surface area (Å²) in [6, 6.07) is 7.57. The van der Waals surface area contributed by atoms with Crippen LogP contribution in [0.25, 0.3) is 0 Å². The highest BCUT2D eigenvalue weighted by Crippen LogP contribution is 2.17. The monoisotopic (exact) mass is 302 g/mol. The molecule has 2 rings (SSSR count). The zero-order chi connectivity index (χ0) is 15.8. The molecule has 1 aliphatic carbocycles. The molecule has 0 aromatic heterocycles. The van der Waals surface area contributed by atoms with E-state index in [9.17, 15) is 9.59 Å². The molecular weight excluding hydrogens is 276 g/mol. The van der Waals surface area contributed by atoms with Crippen molar-refractivity contribution in [3.8, 4) is 0 Å². The van der Waals surface area contributed by atoms with Crippen molar-refractivity contribution in [2.75, 3.05) is 11.9 Å². The summed E-state index contributed by atoms with van der Waals surface area (Å²) in [6.07, 6.45) is 8.73. The Morgan fingerprint density at radius 2 is 1.68 bits per heavy atom. The Morgan fingerprint density at radius 1 is 1.05 bits per heavy atom. The Balaban J connectivity index is 1.83. The van der Waals surface area contributed by atoms with Crippen molar-refractivity contribution in [2.24, 2.45) is 0 Å². The fourth-order valence-corrected chi connectivity index (χ4v) is 2.99. The summed E-state index contributed by atoms with van der Waals surface area (Å²) in [6.45, 7) is 1.81. The molecule has 0 aliphatic heterocycles. The van der Waals surface area contributed by atoms with Crippen LogP contribution in [0.1, 0.15) is 62.2 Å². The van der Waals surface area contributed by atoms with Crippen molar-refractivity contribution in [1.82, 2.24) is 5.32 Å². The van der Waals surface area contributed by atoms with E-state index >= 15 is 0 Å². The minimum Gasteiger partial charge on any atom is -0.324 e. The van der Waals surface area contributed by atoms with Crippen LogP contribution in [-0.2, 0) is 4.79 Å². The summed E-state index contributed by atoms with van der Waals surface area (Å²) in [7, 11) is 0. The van der Waals surface area contributed by atoms with Crippen LogP contribution in [0.4, 0.5) is 5.69 Å². The van der Waals surface area contributed by atoms with E-state index in [1.165, 1.54) is 39.0 Å². The quantitative estimate of drug-likeness (QED) is 0.818. The average molecular weight is 302 g/mol. The molecule has 0 saturated heterocycles. The topological polar surface area (TPSA) is 58.2 Å². The molecule has 4 nitrogen and oxygen atoms in total. The number of ketones is 1. The lowest BCUT2D eigenvalue weighted by Crippen LogP contribution is -2.36. The van der Waals surface area contributed by atoms with Crippen LogP contribution in [0.3, 0.4) is 0 Å². The molecule has 0 spiro atoms. The van der Waals surface area contributed by atoms with Gasteiger partial charge in [0.1, 0.15) is 0 Å². The third-order valence-electron chi connectivity index (χ3n) is 4.24. The molecule has 22 heavy (non-hydrogen) atoms. The summed E-state index contributed by atoms with van der Waals surface area (Å²) >= 11 is 0. The molecule has 0 radical (unpaired) electrons. The molecule has 2 N–H and O–H groups in total. The molecule has 1 saturated carbocycles. The molecular formula is C18H26N2O2. The van der Waals surface area contributed by atoms with Gasteiger partial charge in [-0.1, -0.05) is 44.2 Å². The van der Waals surface area contributed by atoms with E-state index in [1.54, 1.807) is 18.2 Å². The first-order valence-electron chi connectivity index (χ1n) is 8.30. The first-order chi connectivity index (χ1) is 10.7. The fourth-order valence-electron chi connectivity index (χ4n) is 2.99. The maximum Gasteiger partial charge on any atom is 0.238 e. The third-order valence-corrected chi connectivity index (χ3v) is 4.24. The van der Waals surface area contributed by atoms with E-state index in [1.807, 2.05) is 6.07 Å². The van der Waals surface area contributed by atoms with Crippen molar-refractivity contribution < 1.29 is 9.59 Å². The van der Waals surface area contributed by atoms with Gasteiger partial charge in [0, 0.05) is 11.6 Å².